The fourth-order valence-corrected chi connectivity index (χ4v) is 3.33. The quantitative estimate of drug-likeness (QED) is 0.801. The minimum absolute atomic E-state index is 0.0424. The lowest BCUT2D eigenvalue weighted by atomic mass is 9.85. The van der Waals surface area contributed by atoms with Crippen LogP contribution in [0.1, 0.15) is 44.7 Å². The van der Waals surface area contributed by atoms with E-state index in [0.29, 0.717) is 25.1 Å². The van der Waals surface area contributed by atoms with Crippen molar-refractivity contribution in [3.8, 4) is 5.75 Å². The molecule has 0 atom stereocenters. The van der Waals surface area contributed by atoms with Crippen LogP contribution in [0.5, 0.6) is 5.75 Å². The SMILES string of the molecule is Cc1ccc(OCC(=O)NCC2CCN(C(=O)C(F)(F)F)CC2)c(C(C)(C)C)c1. The van der Waals surface area contributed by atoms with Crippen molar-refractivity contribution in [1.29, 1.82) is 0 Å². The van der Waals surface area contributed by atoms with Gasteiger partial charge in [0.05, 0.1) is 0 Å². The van der Waals surface area contributed by atoms with Crippen molar-refractivity contribution in [3.05, 3.63) is 29.3 Å². The second-order valence-electron chi connectivity index (χ2n) is 8.58. The van der Waals surface area contributed by atoms with Crippen molar-refractivity contribution in [2.45, 2.75) is 52.1 Å². The number of amides is 2. The first-order valence-electron chi connectivity index (χ1n) is 9.74. The van der Waals surface area contributed by atoms with Crippen LogP contribution in [0.4, 0.5) is 13.2 Å². The third kappa shape index (κ3) is 6.65. The molecule has 5 nitrogen and oxygen atoms in total. The van der Waals surface area contributed by atoms with Crippen molar-refractivity contribution in [2.24, 2.45) is 5.92 Å². The number of rotatable bonds is 5. The summed E-state index contributed by atoms with van der Waals surface area (Å²) in [6, 6.07) is 5.83. The molecule has 0 radical (unpaired) electrons. The number of piperidine rings is 1. The number of nitrogens with zero attached hydrogens (tertiary/aromatic N) is 1. The average molecular weight is 414 g/mol. The molecule has 2 rings (SSSR count). The van der Waals surface area contributed by atoms with E-state index in [0.717, 1.165) is 16.0 Å². The van der Waals surface area contributed by atoms with Gasteiger partial charge in [0.15, 0.2) is 6.61 Å². The number of hydrogen-bond acceptors (Lipinski definition) is 3. The maximum absolute atomic E-state index is 12.5. The predicted octanol–water partition coefficient (Wildman–Crippen LogP) is 3.59. The molecule has 1 heterocycles. The number of aryl methyl sites for hydroxylation is 1. The van der Waals surface area contributed by atoms with Gasteiger partial charge in [-0.2, -0.15) is 13.2 Å². The lowest BCUT2D eigenvalue weighted by Crippen LogP contribution is -2.47. The third-order valence-electron chi connectivity index (χ3n) is 5.03. The van der Waals surface area contributed by atoms with Gasteiger partial charge in [-0.1, -0.05) is 38.5 Å². The summed E-state index contributed by atoms with van der Waals surface area (Å²) in [6.45, 7) is 8.55. The van der Waals surface area contributed by atoms with E-state index in [4.69, 9.17) is 4.74 Å². The van der Waals surface area contributed by atoms with Gasteiger partial charge in [-0.25, -0.2) is 0 Å². The van der Waals surface area contributed by atoms with Gasteiger partial charge >= 0.3 is 12.1 Å². The van der Waals surface area contributed by atoms with Crippen LogP contribution in [0, 0.1) is 12.8 Å². The molecular weight excluding hydrogens is 385 g/mol. The summed E-state index contributed by atoms with van der Waals surface area (Å²) in [5, 5.41) is 2.78. The topological polar surface area (TPSA) is 58.6 Å². The van der Waals surface area contributed by atoms with Crippen molar-refractivity contribution in [1.82, 2.24) is 10.2 Å². The molecule has 0 unspecified atom stereocenters. The Morgan fingerprint density at radius 2 is 1.79 bits per heavy atom. The van der Waals surface area contributed by atoms with Crippen molar-refractivity contribution >= 4 is 11.8 Å². The second-order valence-corrected chi connectivity index (χ2v) is 8.58. The summed E-state index contributed by atoms with van der Waals surface area (Å²) in [4.78, 5) is 24.2. The zero-order valence-electron chi connectivity index (χ0n) is 17.4. The number of halogens is 3. The van der Waals surface area contributed by atoms with Crippen molar-refractivity contribution in [2.75, 3.05) is 26.2 Å². The van der Waals surface area contributed by atoms with Gasteiger partial charge in [-0.15, -0.1) is 0 Å². The molecule has 0 aliphatic carbocycles. The Bertz CT molecular complexity index is 734. The Labute approximate surface area is 169 Å². The predicted molar refractivity (Wildman–Crippen MR) is 104 cm³/mol. The second kappa shape index (κ2) is 9.05. The van der Waals surface area contributed by atoms with Crippen LogP contribution < -0.4 is 10.1 Å². The van der Waals surface area contributed by atoms with Gasteiger partial charge in [0.2, 0.25) is 0 Å². The Hall–Kier alpha value is -2.25. The maximum atomic E-state index is 12.5. The number of nitrogens with one attached hydrogen (secondary N) is 1. The molecule has 0 bridgehead atoms. The highest BCUT2D eigenvalue weighted by atomic mass is 19.4. The van der Waals surface area contributed by atoms with Gasteiger partial charge in [0, 0.05) is 19.6 Å². The summed E-state index contributed by atoms with van der Waals surface area (Å²) >= 11 is 0. The number of benzene rings is 1. The molecule has 0 saturated carbocycles. The van der Waals surface area contributed by atoms with E-state index < -0.39 is 12.1 Å². The summed E-state index contributed by atoms with van der Waals surface area (Å²) < 4.78 is 43.1. The van der Waals surface area contributed by atoms with Crippen LogP contribution >= 0.6 is 0 Å². The molecule has 0 aromatic heterocycles. The molecule has 1 saturated heterocycles. The van der Waals surface area contributed by atoms with Crippen LogP contribution in [-0.2, 0) is 15.0 Å². The van der Waals surface area contributed by atoms with Crippen LogP contribution in [0.2, 0.25) is 0 Å². The molecule has 1 N–H and O–H groups in total. The first kappa shape index (κ1) is 23.0. The van der Waals surface area contributed by atoms with Crippen molar-refractivity contribution in [3.63, 3.8) is 0 Å². The summed E-state index contributed by atoms with van der Waals surface area (Å²) in [6.07, 6.45) is -3.98. The molecular formula is C21H29F3N2O3. The summed E-state index contributed by atoms with van der Waals surface area (Å²) in [5.41, 5.74) is 2.01. The first-order chi connectivity index (χ1) is 13.4. The highest BCUT2D eigenvalue weighted by Crippen LogP contribution is 2.32. The van der Waals surface area contributed by atoms with Gasteiger partial charge in [-0.05, 0) is 42.7 Å². The molecule has 1 aromatic rings. The average Bonchev–Trinajstić information content (AvgIpc) is 2.63. The summed E-state index contributed by atoms with van der Waals surface area (Å²) in [7, 11) is 0. The Morgan fingerprint density at radius 3 is 2.34 bits per heavy atom. The largest absolute Gasteiger partial charge is 0.483 e. The first-order valence-corrected chi connectivity index (χ1v) is 9.74. The number of ether oxygens (including phenoxy) is 1. The lowest BCUT2D eigenvalue weighted by Gasteiger charge is -2.32. The fourth-order valence-electron chi connectivity index (χ4n) is 3.33. The Kier molecular flexibility index (Phi) is 7.19. The number of carbonyl (C=O) groups is 2. The van der Waals surface area contributed by atoms with Crippen molar-refractivity contribution < 1.29 is 27.5 Å². The lowest BCUT2D eigenvalue weighted by molar-refractivity contribution is -0.186. The van der Waals surface area contributed by atoms with Gasteiger partial charge < -0.3 is 15.0 Å². The van der Waals surface area contributed by atoms with Crippen LogP contribution in [0.3, 0.4) is 0 Å². The molecule has 29 heavy (non-hydrogen) atoms. The fraction of sp³-hybridized carbons (Fsp3) is 0.619. The number of hydrogen-bond donors (Lipinski definition) is 1. The highest BCUT2D eigenvalue weighted by Gasteiger charge is 2.43. The molecule has 2 amide bonds. The Balaban J connectivity index is 1.79. The number of likely N-dealkylation sites (tertiary alicyclic amines) is 1. The zero-order valence-corrected chi connectivity index (χ0v) is 17.4. The van der Waals surface area contributed by atoms with E-state index in [1.165, 1.54) is 0 Å². The van der Waals surface area contributed by atoms with E-state index in [2.05, 4.69) is 26.1 Å². The van der Waals surface area contributed by atoms with E-state index >= 15 is 0 Å². The molecule has 0 spiro atoms. The highest BCUT2D eigenvalue weighted by molar-refractivity contribution is 5.82. The van der Waals surface area contributed by atoms with Crippen LogP contribution in [0.15, 0.2) is 18.2 Å². The molecule has 162 valence electrons. The molecule has 1 aromatic carbocycles. The molecule has 1 aliphatic rings. The van der Waals surface area contributed by atoms with Gasteiger partial charge in [0.25, 0.3) is 5.91 Å². The standard InChI is InChI=1S/C21H29F3N2O3/c1-14-5-6-17(16(11-14)20(2,3)4)29-13-18(27)25-12-15-7-9-26(10-8-15)19(28)21(22,23)24/h5-6,11,15H,7-10,12-13H2,1-4H3,(H,25,27). The maximum Gasteiger partial charge on any atom is 0.471 e. The Morgan fingerprint density at radius 1 is 1.17 bits per heavy atom. The minimum Gasteiger partial charge on any atom is -0.483 e. The van der Waals surface area contributed by atoms with Gasteiger partial charge in [0.1, 0.15) is 5.75 Å². The van der Waals surface area contributed by atoms with E-state index in [9.17, 15) is 22.8 Å². The third-order valence-corrected chi connectivity index (χ3v) is 5.03. The monoisotopic (exact) mass is 414 g/mol. The van der Waals surface area contributed by atoms with E-state index in [1.54, 1.807) is 0 Å². The van der Waals surface area contributed by atoms with Crippen LogP contribution in [0.25, 0.3) is 0 Å². The normalized spacial score (nSPS) is 15.9. The van der Waals surface area contributed by atoms with Crippen LogP contribution in [-0.4, -0.2) is 49.1 Å². The molecule has 1 aliphatic heterocycles. The zero-order chi connectivity index (χ0) is 21.8. The molecule has 8 heteroatoms. The van der Waals surface area contributed by atoms with Gasteiger partial charge in [-0.3, -0.25) is 9.59 Å². The smallest absolute Gasteiger partial charge is 0.471 e. The number of alkyl halides is 3. The molecule has 1 fully saturated rings. The number of carbonyl (C=O) groups excluding carboxylic acids is 2. The summed E-state index contributed by atoms with van der Waals surface area (Å²) in [5.74, 6) is -1.36. The van der Waals surface area contributed by atoms with E-state index in [-0.39, 0.29) is 36.9 Å². The minimum atomic E-state index is -4.83. The van der Waals surface area contributed by atoms with E-state index in [1.807, 2.05) is 25.1 Å².